The van der Waals surface area contributed by atoms with E-state index in [4.69, 9.17) is 16.3 Å². The lowest BCUT2D eigenvalue weighted by atomic mass is 10.1. The van der Waals surface area contributed by atoms with Gasteiger partial charge in [-0.25, -0.2) is 4.98 Å². The number of ether oxygens (including phenoxy) is 1. The number of aromatic nitrogens is 2. The largest absolute Gasteiger partial charge is 0.493 e. The molecule has 1 saturated heterocycles. The minimum absolute atomic E-state index is 0.606. The first-order chi connectivity index (χ1) is 15.7. The molecule has 7 heteroatoms. The average molecular weight is 516 g/mol. The van der Waals surface area contributed by atoms with Gasteiger partial charge < -0.3 is 20.4 Å². The van der Waals surface area contributed by atoms with Crippen molar-refractivity contribution in [1.29, 1.82) is 0 Å². The summed E-state index contributed by atoms with van der Waals surface area (Å²) in [4.78, 5) is 7.19. The molecule has 3 aromatic rings. The van der Waals surface area contributed by atoms with Gasteiger partial charge >= 0.3 is 0 Å². The van der Waals surface area contributed by atoms with Gasteiger partial charge in [0.15, 0.2) is 0 Å². The van der Waals surface area contributed by atoms with E-state index in [2.05, 4.69) is 66.9 Å². The molecule has 1 unspecified atom stereocenters. The molecule has 1 aliphatic rings. The van der Waals surface area contributed by atoms with Crippen molar-refractivity contribution < 1.29 is 4.74 Å². The molecule has 0 radical (unpaired) electrons. The van der Waals surface area contributed by atoms with E-state index >= 15 is 0 Å². The van der Waals surface area contributed by atoms with Gasteiger partial charge in [-0.15, -0.1) is 0 Å². The van der Waals surface area contributed by atoms with Crippen LogP contribution in [-0.4, -0.2) is 36.2 Å². The Morgan fingerprint density at radius 3 is 2.94 bits per heavy atom. The Kier molecular flexibility index (Phi) is 8.40. The summed E-state index contributed by atoms with van der Waals surface area (Å²) in [6.45, 7) is 4.61. The molecule has 3 N–H and O–H groups in total. The van der Waals surface area contributed by atoms with E-state index in [-0.39, 0.29) is 0 Å². The number of halogens is 2. The predicted octanol–water partition coefficient (Wildman–Crippen LogP) is 5.32. The van der Waals surface area contributed by atoms with Gasteiger partial charge in [-0.05, 0) is 67.4 Å². The quantitative estimate of drug-likeness (QED) is 0.320. The zero-order valence-corrected chi connectivity index (χ0v) is 20.3. The fourth-order valence-corrected chi connectivity index (χ4v) is 4.61. The molecule has 2 heterocycles. The summed E-state index contributed by atoms with van der Waals surface area (Å²) in [6.07, 6.45) is 9.78. The first kappa shape index (κ1) is 23.1. The van der Waals surface area contributed by atoms with Crippen LogP contribution < -0.4 is 15.4 Å². The third-order valence-corrected chi connectivity index (χ3v) is 6.52. The molecular formula is C25H28BrClN4O. The minimum atomic E-state index is 0.606. The molecule has 2 aromatic carbocycles. The van der Waals surface area contributed by atoms with Crippen LogP contribution in [0.4, 0.5) is 0 Å². The van der Waals surface area contributed by atoms with Crippen molar-refractivity contribution >= 4 is 39.7 Å². The van der Waals surface area contributed by atoms with Crippen LogP contribution in [0.25, 0.3) is 12.2 Å². The second-order valence-corrected chi connectivity index (χ2v) is 9.32. The van der Waals surface area contributed by atoms with E-state index in [1.807, 2.05) is 24.4 Å². The van der Waals surface area contributed by atoms with Gasteiger partial charge in [0.05, 0.1) is 12.9 Å². The molecule has 0 saturated carbocycles. The van der Waals surface area contributed by atoms with Crippen molar-refractivity contribution in [2.75, 3.05) is 26.2 Å². The Bertz CT molecular complexity index is 1030. The van der Waals surface area contributed by atoms with Crippen molar-refractivity contribution in [2.45, 2.75) is 19.4 Å². The van der Waals surface area contributed by atoms with Crippen LogP contribution in [0.2, 0.25) is 5.02 Å². The monoisotopic (exact) mass is 514 g/mol. The van der Waals surface area contributed by atoms with E-state index in [9.17, 15) is 0 Å². The van der Waals surface area contributed by atoms with Crippen molar-refractivity contribution in [1.82, 2.24) is 20.6 Å². The zero-order chi connectivity index (χ0) is 22.2. The molecule has 32 heavy (non-hydrogen) atoms. The van der Waals surface area contributed by atoms with Crippen LogP contribution in [0.15, 0.2) is 53.4 Å². The maximum absolute atomic E-state index is 6.14. The molecule has 168 valence electrons. The van der Waals surface area contributed by atoms with Crippen LogP contribution in [0.3, 0.4) is 0 Å². The van der Waals surface area contributed by atoms with Crippen molar-refractivity contribution in [3.05, 3.63) is 80.8 Å². The van der Waals surface area contributed by atoms with Gasteiger partial charge in [-0.3, -0.25) is 0 Å². The molecule has 1 atom stereocenters. The molecule has 0 amide bonds. The molecule has 1 fully saturated rings. The van der Waals surface area contributed by atoms with E-state index in [1.165, 1.54) is 6.42 Å². The number of hydrogen-bond donors (Lipinski definition) is 3. The fraction of sp³-hybridized carbons (Fsp3) is 0.320. The Morgan fingerprint density at radius 1 is 1.22 bits per heavy atom. The lowest BCUT2D eigenvalue weighted by Gasteiger charge is -2.15. The molecule has 5 nitrogen and oxygen atoms in total. The summed E-state index contributed by atoms with van der Waals surface area (Å²) in [7, 11) is 0. The summed E-state index contributed by atoms with van der Waals surface area (Å²) >= 11 is 9.64. The fourth-order valence-electron chi connectivity index (χ4n) is 3.80. The number of nitrogens with zero attached hydrogens (tertiary/aromatic N) is 1. The van der Waals surface area contributed by atoms with Crippen LogP contribution in [0.5, 0.6) is 5.75 Å². The third-order valence-electron chi connectivity index (χ3n) is 5.60. The second-order valence-electron chi connectivity index (χ2n) is 8.03. The Labute approximate surface area is 202 Å². The molecule has 1 aromatic heterocycles. The smallest absolute Gasteiger partial charge is 0.123 e. The number of benzene rings is 2. The van der Waals surface area contributed by atoms with Crippen LogP contribution >= 0.6 is 27.5 Å². The highest BCUT2D eigenvalue weighted by Gasteiger charge is 2.14. The van der Waals surface area contributed by atoms with Crippen LogP contribution in [0.1, 0.15) is 28.8 Å². The highest BCUT2D eigenvalue weighted by Crippen LogP contribution is 2.25. The maximum atomic E-state index is 6.14. The van der Waals surface area contributed by atoms with Gasteiger partial charge in [-0.2, -0.15) is 0 Å². The Balaban J connectivity index is 1.44. The van der Waals surface area contributed by atoms with Crippen LogP contribution in [-0.2, 0) is 13.0 Å². The van der Waals surface area contributed by atoms with Gasteiger partial charge in [0.25, 0.3) is 0 Å². The third kappa shape index (κ3) is 6.69. The average Bonchev–Trinajstić information content (AvgIpc) is 3.49. The topological polar surface area (TPSA) is 62.0 Å². The zero-order valence-electron chi connectivity index (χ0n) is 17.9. The van der Waals surface area contributed by atoms with Gasteiger partial charge in [0.2, 0.25) is 0 Å². The normalized spacial score (nSPS) is 16.1. The van der Waals surface area contributed by atoms with E-state index in [0.29, 0.717) is 12.5 Å². The standard InChI is InChI=1S/C25H28BrClN4O/c26-24-12-22(27)5-4-20(24)3-1-18-2-6-25(32-10-8-23-16-30-17-31-23)21(11-18)15-29-14-19-7-9-28-13-19/h1-6,11-12,16-17,19,28-29H,7-10,13-15H2,(H,30,31)/b3-1+. The lowest BCUT2D eigenvalue weighted by Crippen LogP contribution is -2.24. The molecule has 1 aliphatic heterocycles. The lowest BCUT2D eigenvalue weighted by molar-refractivity contribution is 0.316. The number of nitrogens with one attached hydrogen (secondary N) is 3. The van der Waals surface area contributed by atoms with E-state index in [0.717, 1.165) is 70.2 Å². The second kappa shape index (κ2) is 11.7. The van der Waals surface area contributed by atoms with Crippen molar-refractivity contribution in [2.24, 2.45) is 5.92 Å². The molecule has 0 spiro atoms. The maximum Gasteiger partial charge on any atom is 0.123 e. The van der Waals surface area contributed by atoms with Gasteiger partial charge in [-0.1, -0.05) is 51.8 Å². The highest BCUT2D eigenvalue weighted by molar-refractivity contribution is 9.10. The van der Waals surface area contributed by atoms with Crippen LogP contribution in [0, 0.1) is 5.92 Å². The number of H-pyrrole nitrogens is 1. The van der Waals surface area contributed by atoms with Crippen molar-refractivity contribution in [3.63, 3.8) is 0 Å². The Hall–Kier alpha value is -2.12. The number of hydrogen-bond acceptors (Lipinski definition) is 4. The van der Waals surface area contributed by atoms with E-state index in [1.54, 1.807) is 6.33 Å². The number of imidazole rings is 1. The van der Waals surface area contributed by atoms with Crippen molar-refractivity contribution in [3.8, 4) is 5.75 Å². The van der Waals surface area contributed by atoms with E-state index < -0.39 is 0 Å². The summed E-state index contributed by atoms with van der Waals surface area (Å²) < 4.78 is 7.12. The SMILES string of the molecule is Clc1ccc(/C=C/c2ccc(OCCc3cnc[nH]3)c(CNCC3CCNC3)c2)c(Br)c1. The number of rotatable bonds is 10. The highest BCUT2D eigenvalue weighted by atomic mass is 79.9. The molecule has 4 rings (SSSR count). The Morgan fingerprint density at radius 2 is 2.16 bits per heavy atom. The summed E-state index contributed by atoms with van der Waals surface area (Å²) in [6, 6.07) is 12.2. The minimum Gasteiger partial charge on any atom is -0.493 e. The summed E-state index contributed by atoms with van der Waals surface area (Å²) in [5, 5.41) is 7.77. The van der Waals surface area contributed by atoms with Gasteiger partial charge in [0.1, 0.15) is 5.75 Å². The first-order valence-electron chi connectivity index (χ1n) is 10.9. The summed E-state index contributed by atoms with van der Waals surface area (Å²) in [5.74, 6) is 1.62. The number of aromatic amines is 1. The predicted molar refractivity (Wildman–Crippen MR) is 135 cm³/mol. The molecule has 0 bridgehead atoms. The summed E-state index contributed by atoms with van der Waals surface area (Å²) in [5.41, 5.74) is 4.46. The first-order valence-corrected chi connectivity index (χ1v) is 12.1. The van der Waals surface area contributed by atoms with Gasteiger partial charge in [0, 0.05) is 39.9 Å². The molecular weight excluding hydrogens is 488 g/mol. The molecule has 0 aliphatic carbocycles.